The second-order valence-corrected chi connectivity index (χ2v) is 2.82. The minimum atomic E-state index is -1.45. The quantitative estimate of drug-likeness (QED) is 0.580. The molecule has 5 heteroatoms. The Bertz CT molecular complexity index is 292. The van der Waals surface area contributed by atoms with Crippen LogP contribution in [-0.4, -0.2) is 13.1 Å². The van der Waals surface area contributed by atoms with Gasteiger partial charge in [-0.1, -0.05) is 0 Å². The van der Waals surface area contributed by atoms with Crippen LogP contribution in [-0.2, 0) is 0 Å². The maximum absolute atomic E-state index is 12.7. The summed E-state index contributed by atoms with van der Waals surface area (Å²) in [4.78, 5) is 0. The molecule has 1 aromatic rings. The van der Waals surface area contributed by atoms with Crippen molar-refractivity contribution in [3.05, 3.63) is 29.6 Å². The standard InChI is InChI=1S/C9H11F3N2/c10-7-4-6(14-3-1-2-13)5-8(11)9(7)12/h4-5,14H,1-3,13H2. The molecule has 0 amide bonds. The third kappa shape index (κ3) is 2.63. The first-order valence-corrected chi connectivity index (χ1v) is 4.23. The summed E-state index contributed by atoms with van der Waals surface area (Å²) < 4.78 is 37.8. The van der Waals surface area contributed by atoms with Gasteiger partial charge in [-0.15, -0.1) is 0 Å². The molecule has 2 nitrogen and oxygen atoms in total. The SMILES string of the molecule is NCCCNc1cc(F)c(F)c(F)c1. The maximum atomic E-state index is 12.7. The molecule has 1 aromatic carbocycles. The molecule has 0 radical (unpaired) electrons. The molecular formula is C9H11F3N2. The smallest absolute Gasteiger partial charge is 0.194 e. The summed E-state index contributed by atoms with van der Waals surface area (Å²) in [6.07, 6.45) is 0.681. The van der Waals surface area contributed by atoms with Gasteiger partial charge < -0.3 is 11.1 Å². The van der Waals surface area contributed by atoms with Crippen LogP contribution < -0.4 is 11.1 Å². The fourth-order valence-corrected chi connectivity index (χ4v) is 0.992. The highest BCUT2D eigenvalue weighted by Crippen LogP contribution is 2.16. The van der Waals surface area contributed by atoms with E-state index in [1.807, 2.05) is 0 Å². The minimum absolute atomic E-state index is 0.217. The Morgan fingerprint density at radius 3 is 2.21 bits per heavy atom. The molecule has 0 aliphatic heterocycles. The van der Waals surface area contributed by atoms with E-state index in [1.165, 1.54) is 0 Å². The molecule has 0 aliphatic rings. The van der Waals surface area contributed by atoms with E-state index in [0.717, 1.165) is 12.1 Å². The van der Waals surface area contributed by atoms with Gasteiger partial charge in [0.05, 0.1) is 0 Å². The number of nitrogens with two attached hydrogens (primary N) is 1. The van der Waals surface area contributed by atoms with Gasteiger partial charge in [0, 0.05) is 24.4 Å². The van der Waals surface area contributed by atoms with Crippen LogP contribution in [0.1, 0.15) is 6.42 Å². The first-order valence-electron chi connectivity index (χ1n) is 4.23. The van der Waals surface area contributed by atoms with Crippen LogP contribution in [0.4, 0.5) is 18.9 Å². The molecule has 0 spiro atoms. The highest BCUT2D eigenvalue weighted by Gasteiger charge is 2.09. The number of halogens is 3. The number of hydrogen-bond acceptors (Lipinski definition) is 2. The number of nitrogens with one attached hydrogen (secondary N) is 1. The number of anilines is 1. The number of benzene rings is 1. The van der Waals surface area contributed by atoms with Crippen LogP contribution in [0.2, 0.25) is 0 Å². The van der Waals surface area contributed by atoms with Crippen LogP contribution in [0.5, 0.6) is 0 Å². The van der Waals surface area contributed by atoms with Gasteiger partial charge >= 0.3 is 0 Å². The van der Waals surface area contributed by atoms with E-state index in [4.69, 9.17) is 5.73 Å². The van der Waals surface area contributed by atoms with Crippen molar-refractivity contribution in [2.75, 3.05) is 18.4 Å². The van der Waals surface area contributed by atoms with Crippen molar-refractivity contribution in [2.24, 2.45) is 5.73 Å². The van der Waals surface area contributed by atoms with E-state index < -0.39 is 17.5 Å². The zero-order valence-electron chi connectivity index (χ0n) is 7.49. The predicted octanol–water partition coefficient (Wildman–Crippen LogP) is 1.86. The first kappa shape index (κ1) is 10.8. The zero-order valence-corrected chi connectivity index (χ0v) is 7.49. The Balaban J connectivity index is 2.69. The van der Waals surface area contributed by atoms with E-state index in [-0.39, 0.29) is 5.69 Å². The fraction of sp³-hybridized carbons (Fsp3) is 0.333. The van der Waals surface area contributed by atoms with Crippen molar-refractivity contribution in [1.29, 1.82) is 0 Å². The van der Waals surface area contributed by atoms with Crippen molar-refractivity contribution < 1.29 is 13.2 Å². The molecule has 0 atom stereocenters. The Labute approximate surface area is 79.9 Å². The minimum Gasteiger partial charge on any atom is -0.385 e. The maximum Gasteiger partial charge on any atom is 0.194 e. The van der Waals surface area contributed by atoms with Crippen molar-refractivity contribution >= 4 is 5.69 Å². The van der Waals surface area contributed by atoms with Gasteiger partial charge in [-0.05, 0) is 13.0 Å². The summed E-state index contributed by atoms with van der Waals surface area (Å²) in [5.74, 6) is -3.84. The summed E-state index contributed by atoms with van der Waals surface area (Å²) in [5.41, 5.74) is 5.45. The van der Waals surface area contributed by atoms with Crippen molar-refractivity contribution in [1.82, 2.24) is 0 Å². The lowest BCUT2D eigenvalue weighted by Crippen LogP contribution is -2.09. The van der Waals surface area contributed by atoms with Gasteiger partial charge in [-0.25, -0.2) is 13.2 Å². The Morgan fingerprint density at radius 1 is 1.14 bits per heavy atom. The molecule has 78 valence electrons. The molecule has 0 aliphatic carbocycles. The van der Waals surface area contributed by atoms with Crippen molar-refractivity contribution in [3.63, 3.8) is 0 Å². The highest BCUT2D eigenvalue weighted by atomic mass is 19.2. The molecule has 0 saturated carbocycles. The third-order valence-electron chi connectivity index (χ3n) is 1.69. The molecule has 1 rings (SSSR count). The molecule has 3 N–H and O–H groups in total. The Hall–Kier alpha value is -1.23. The lowest BCUT2D eigenvalue weighted by atomic mass is 10.2. The van der Waals surface area contributed by atoms with E-state index in [2.05, 4.69) is 5.32 Å². The third-order valence-corrected chi connectivity index (χ3v) is 1.69. The topological polar surface area (TPSA) is 38.0 Å². The normalized spacial score (nSPS) is 10.3. The molecule has 0 fully saturated rings. The highest BCUT2D eigenvalue weighted by molar-refractivity contribution is 5.43. The second-order valence-electron chi connectivity index (χ2n) is 2.82. The molecule has 14 heavy (non-hydrogen) atoms. The summed E-state index contributed by atoms with van der Waals surface area (Å²) in [7, 11) is 0. The van der Waals surface area contributed by atoms with Crippen molar-refractivity contribution in [2.45, 2.75) is 6.42 Å². The van der Waals surface area contributed by atoms with Crippen LogP contribution in [0.3, 0.4) is 0 Å². The van der Waals surface area contributed by atoms with E-state index in [1.54, 1.807) is 0 Å². The van der Waals surface area contributed by atoms with Crippen LogP contribution in [0.15, 0.2) is 12.1 Å². The summed E-state index contributed by atoms with van der Waals surface area (Å²) >= 11 is 0. The molecule has 0 aromatic heterocycles. The van der Waals surface area contributed by atoms with Crippen LogP contribution >= 0.6 is 0 Å². The summed E-state index contributed by atoms with van der Waals surface area (Å²) in [6, 6.07) is 1.82. The van der Waals surface area contributed by atoms with Gasteiger partial charge in [0.2, 0.25) is 0 Å². The largest absolute Gasteiger partial charge is 0.385 e. The van der Waals surface area contributed by atoms with Crippen LogP contribution in [0, 0.1) is 17.5 Å². The van der Waals surface area contributed by atoms with Crippen molar-refractivity contribution in [3.8, 4) is 0 Å². The molecule has 0 bridgehead atoms. The number of hydrogen-bond donors (Lipinski definition) is 2. The van der Waals surface area contributed by atoms with Gasteiger partial charge in [0.15, 0.2) is 17.5 Å². The molecule has 0 unspecified atom stereocenters. The lowest BCUT2D eigenvalue weighted by Gasteiger charge is -2.06. The van der Waals surface area contributed by atoms with Gasteiger partial charge in [-0.2, -0.15) is 0 Å². The monoisotopic (exact) mass is 204 g/mol. The van der Waals surface area contributed by atoms with E-state index in [0.29, 0.717) is 19.5 Å². The number of rotatable bonds is 4. The second kappa shape index (κ2) is 4.85. The van der Waals surface area contributed by atoms with Crippen LogP contribution in [0.25, 0.3) is 0 Å². The molecular weight excluding hydrogens is 193 g/mol. The Kier molecular flexibility index (Phi) is 3.76. The molecule has 0 saturated heterocycles. The summed E-state index contributed by atoms with van der Waals surface area (Å²) in [6.45, 7) is 0.986. The Morgan fingerprint density at radius 2 is 1.71 bits per heavy atom. The van der Waals surface area contributed by atoms with E-state index in [9.17, 15) is 13.2 Å². The fourth-order valence-electron chi connectivity index (χ4n) is 0.992. The predicted molar refractivity (Wildman–Crippen MR) is 48.5 cm³/mol. The molecule has 0 heterocycles. The lowest BCUT2D eigenvalue weighted by molar-refractivity contribution is 0.447. The first-order chi connectivity index (χ1) is 6.65. The van der Waals surface area contributed by atoms with Gasteiger partial charge in [0.25, 0.3) is 0 Å². The van der Waals surface area contributed by atoms with E-state index >= 15 is 0 Å². The average Bonchev–Trinajstić information content (AvgIpc) is 2.14. The van der Waals surface area contributed by atoms with Gasteiger partial charge in [0.1, 0.15) is 0 Å². The van der Waals surface area contributed by atoms with Gasteiger partial charge in [-0.3, -0.25) is 0 Å². The summed E-state index contributed by atoms with van der Waals surface area (Å²) in [5, 5.41) is 2.73. The average molecular weight is 204 g/mol. The zero-order chi connectivity index (χ0) is 10.6.